The van der Waals surface area contributed by atoms with Gasteiger partial charge in [-0.2, -0.15) is 0 Å². The third-order valence-electron chi connectivity index (χ3n) is 4.90. The average molecular weight is 379 g/mol. The molecule has 0 aromatic heterocycles. The second-order valence-electron chi connectivity index (χ2n) is 7.31. The van der Waals surface area contributed by atoms with Crippen molar-refractivity contribution < 1.29 is 23.8 Å². The van der Waals surface area contributed by atoms with Gasteiger partial charge in [0.1, 0.15) is 5.82 Å². The van der Waals surface area contributed by atoms with Crippen LogP contribution in [0, 0.1) is 5.82 Å². The molecule has 7 nitrogen and oxygen atoms in total. The summed E-state index contributed by atoms with van der Waals surface area (Å²) < 4.78 is 19.6. The van der Waals surface area contributed by atoms with Crippen LogP contribution < -0.4 is 5.32 Å². The molecule has 1 aromatic rings. The van der Waals surface area contributed by atoms with Gasteiger partial charge in [0.25, 0.3) is 0 Å². The predicted molar refractivity (Wildman–Crippen MR) is 97.1 cm³/mol. The molecule has 0 radical (unpaired) electrons. The third-order valence-corrected chi connectivity index (χ3v) is 4.90. The van der Waals surface area contributed by atoms with Crippen LogP contribution in [0.1, 0.15) is 29.9 Å². The summed E-state index contributed by atoms with van der Waals surface area (Å²) >= 11 is 0. The first kappa shape index (κ1) is 19.6. The lowest BCUT2D eigenvalue weighted by Gasteiger charge is -2.34. The maximum absolute atomic E-state index is 14.0. The number of ether oxygens (including phenoxy) is 1. The number of likely N-dealkylation sites (N-methyl/N-ethyl adjacent to an activating group) is 1. The molecule has 3 rings (SSSR count). The summed E-state index contributed by atoms with van der Waals surface area (Å²) in [5, 5.41) is 11.6. The van der Waals surface area contributed by atoms with Crippen LogP contribution in [-0.4, -0.2) is 72.8 Å². The number of carboxylic acid groups (broad SMARTS) is 1. The summed E-state index contributed by atoms with van der Waals surface area (Å²) in [6, 6.07) is 4.87. The second kappa shape index (κ2) is 8.67. The van der Waals surface area contributed by atoms with Crippen molar-refractivity contribution in [1.82, 2.24) is 15.1 Å². The topological polar surface area (TPSA) is 82.1 Å². The number of carbonyl (C=O) groups excluding carboxylic acids is 1. The molecule has 1 heterocycles. The Balaban J connectivity index is 1.50. The highest BCUT2D eigenvalue weighted by atomic mass is 19.1. The number of urea groups is 1. The van der Waals surface area contributed by atoms with Crippen LogP contribution in [0.3, 0.4) is 0 Å². The molecule has 1 unspecified atom stereocenters. The molecule has 2 N–H and O–H groups in total. The highest BCUT2D eigenvalue weighted by Gasteiger charge is 2.26. The van der Waals surface area contributed by atoms with Gasteiger partial charge < -0.3 is 20.1 Å². The molecule has 2 fully saturated rings. The number of hydrogen-bond donors (Lipinski definition) is 2. The molecule has 1 aliphatic heterocycles. The summed E-state index contributed by atoms with van der Waals surface area (Å²) in [7, 11) is 1.70. The number of aliphatic carboxylic acids is 1. The number of halogens is 1. The molecular weight excluding hydrogens is 353 g/mol. The molecule has 1 saturated heterocycles. The van der Waals surface area contributed by atoms with E-state index in [9.17, 15) is 14.0 Å². The van der Waals surface area contributed by atoms with E-state index in [2.05, 4.69) is 5.32 Å². The molecule has 8 heteroatoms. The fourth-order valence-electron chi connectivity index (χ4n) is 3.34. The smallest absolute Gasteiger partial charge is 0.317 e. The van der Waals surface area contributed by atoms with E-state index in [-0.39, 0.29) is 31.0 Å². The van der Waals surface area contributed by atoms with E-state index in [0.717, 1.165) is 18.4 Å². The molecule has 2 amide bonds. The molecule has 148 valence electrons. The Kier molecular flexibility index (Phi) is 6.28. The highest BCUT2D eigenvalue weighted by Crippen LogP contribution is 2.40. The first-order valence-corrected chi connectivity index (χ1v) is 9.25. The minimum atomic E-state index is -0.904. The van der Waals surface area contributed by atoms with Gasteiger partial charge in [0.15, 0.2) is 0 Å². The number of rotatable bonds is 7. The molecule has 0 spiro atoms. The lowest BCUT2D eigenvalue weighted by molar-refractivity contribution is -0.138. The Labute approximate surface area is 158 Å². The Morgan fingerprint density at radius 3 is 2.89 bits per heavy atom. The lowest BCUT2D eigenvalue weighted by atomic mass is 10.1. The van der Waals surface area contributed by atoms with Crippen molar-refractivity contribution in [2.24, 2.45) is 0 Å². The van der Waals surface area contributed by atoms with Crippen LogP contribution in [0.5, 0.6) is 0 Å². The van der Waals surface area contributed by atoms with E-state index in [1.165, 1.54) is 6.07 Å². The Hall–Kier alpha value is -2.19. The number of hydrogen-bond acceptors (Lipinski definition) is 4. The SMILES string of the molecule is CN(CC(=O)O)CC1CN(C(=O)NCc2cc(C3CC3)ccc2F)CCO1. The molecule has 1 aliphatic carbocycles. The molecule has 0 bridgehead atoms. The molecular formula is C19H26FN3O4. The van der Waals surface area contributed by atoms with Gasteiger partial charge in [-0.25, -0.2) is 9.18 Å². The average Bonchev–Trinajstić information content (AvgIpc) is 3.45. The zero-order valence-corrected chi connectivity index (χ0v) is 15.5. The fraction of sp³-hybridized carbons (Fsp3) is 0.579. The fourth-order valence-corrected chi connectivity index (χ4v) is 3.34. The van der Waals surface area contributed by atoms with E-state index < -0.39 is 5.97 Å². The Morgan fingerprint density at radius 2 is 2.19 bits per heavy atom. The van der Waals surface area contributed by atoms with Crippen molar-refractivity contribution in [1.29, 1.82) is 0 Å². The minimum absolute atomic E-state index is 0.0807. The first-order chi connectivity index (χ1) is 12.9. The van der Waals surface area contributed by atoms with Crippen molar-refractivity contribution in [3.63, 3.8) is 0 Å². The van der Waals surface area contributed by atoms with Crippen LogP contribution in [0.2, 0.25) is 0 Å². The number of nitrogens with zero attached hydrogens (tertiary/aromatic N) is 2. The zero-order chi connectivity index (χ0) is 19.4. The van der Waals surface area contributed by atoms with E-state index >= 15 is 0 Å². The van der Waals surface area contributed by atoms with Gasteiger partial charge in [-0.1, -0.05) is 12.1 Å². The Morgan fingerprint density at radius 1 is 1.41 bits per heavy atom. The standard InChI is InChI=1S/C19H26FN3O4/c1-22(12-18(24)25)10-16-11-23(6-7-27-16)19(26)21-9-15-8-14(13-2-3-13)4-5-17(15)20/h4-5,8,13,16H,2-3,6-7,9-12H2,1H3,(H,21,26)(H,24,25). The van der Waals surface area contributed by atoms with Crippen LogP contribution in [0.25, 0.3) is 0 Å². The quantitative estimate of drug-likeness (QED) is 0.753. The normalized spacial score (nSPS) is 20.0. The van der Waals surface area contributed by atoms with Gasteiger partial charge >= 0.3 is 12.0 Å². The van der Waals surface area contributed by atoms with Crippen LogP contribution in [0.15, 0.2) is 18.2 Å². The summed E-state index contributed by atoms with van der Waals surface area (Å²) in [4.78, 5) is 26.5. The van der Waals surface area contributed by atoms with Gasteiger partial charge in [-0.05, 0) is 37.4 Å². The lowest BCUT2D eigenvalue weighted by Crippen LogP contribution is -2.52. The van der Waals surface area contributed by atoms with Crippen molar-refractivity contribution in [3.8, 4) is 0 Å². The summed E-state index contributed by atoms with van der Waals surface area (Å²) in [6.45, 7) is 1.71. The monoisotopic (exact) mass is 379 g/mol. The number of morpholine rings is 1. The number of carboxylic acids is 1. The van der Waals surface area contributed by atoms with Crippen molar-refractivity contribution >= 4 is 12.0 Å². The van der Waals surface area contributed by atoms with Crippen LogP contribution in [-0.2, 0) is 16.1 Å². The van der Waals surface area contributed by atoms with Gasteiger partial charge in [0.05, 0.1) is 19.3 Å². The zero-order valence-electron chi connectivity index (χ0n) is 15.5. The maximum atomic E-state index is 14.0. The number of carbonyl (C=O) groups is 2. The molecule has 1 saturated carbocycles. The first-order valence-electron chi connectivity index (χ1n) is 9.25. The van der Waals surface area contributed by atoms with Crippen molar-refractivity contribution in [3.05, 3.63) is 35.1 Å². The van der Waals surface area contributed by atoms with Gasteiger partial charge in [-0.3, -0.25) is 9.69 Å². The van der Waals surface area contributed by atoms with E-state index in [0.29, 0.717) is 37.7 Å². The third kappa shape index (κ3) is 5.64. The number of benzene rings is 1. The second-order valence-corrected chi connectivity index (χ2v) is 7.31. The predicted octanol–water partition coefficient (Wildman–Crippen LogP) is 1.63. The summed E-state index contributed by atoms with van der Waals surface area (Å²) in [5.41, 5.74) is 1.63. The Bertz CT molecular complexity index is 696. The van der Waals surface area contributed by atoms with E-state index in [4.69, 9.17) is 9.84 Å². The summed E-state index contributed by atoms with van der Waals surface area (Å²) in [5.74, 6) is -0.684. The van der Waals surface area contributed by atoms with Gasteiger partial charge in [0.2, 0.25) is 0 Å². The van der Waals surface area contributed by atoms with Gasteiger partial charge in [-0.15, -0.1) is 0 Å². The minimum Gasteiger partial charge on any atom is -0.480 e. The van der Waals surface area contributed by atoms with Crippen LogP contribution in [0.4, 0.5) is 9.18 Å². The summed E-state index contributed by atoms with van der Waals surface area (Å²) in [6.07, 6.45) is 2.04. The molecule has 1 atom stereocenters. The van der Waals surface area contributed by atoms with Crippen molar-refractivity contribution in [2.75, 3.05) is 39.8 Å². The highest BCUT2D eigenvalue weighted by molar-refractivity contribution is 5.74. The van der Waals surface area contributed by atoms with E-state index in [1.54, 1.807) is 16.8 Å². The molecule has 27 heavy (non-hydrogen) atoms. The number of nitrogens with one attached hydrogen (secondary N) is 1. The molecule has 1 aromatic carbocycles. The maximum Gasteiger partial charge on any atom is 0.317 e. The van der Waals surface area contributed by atoms with Crippen molar-refractivity contribution in [2.45, 2.75) is 31.4 Å². The molecule has 2 aliphatic rings. The largest absolute Gasteiger partial charge is 0.480 e. The van der Waals surface area contributed by atoms with E-state index in [1.807, 2.05) is 12.1 Å². The van der Waals surface area contributed by atoms with Crippen LogP contribution >= 0.6 is 0 Å². The number of amides is 2. The van der Waals surface area contributed by atoms with Gasteiger partial charge in [0, 0.05) is 31.7 Å².